The van der Waals surface area contributed by atoms with Gasteiger partial charge in [-0.05, 0) is 32.0 Å². The van der Waals surface area contributed by atoms with Gasteiger partial charge in [-0.3, -0.25) is 4.79 Å². The lowest BCUT2D eigenvalue weighted by Crippen LogP contribution is -2.35. The van der Waals surface area contributed by atoms with Crippen molar-refractivity contribution in [2.75, 3.05) is 19.8 Å². The minimum Gasteiger partial charge on any atom is -0.506 e. The molecule has 0 saturated carbocycles. The third kappa shape index (κ3) is 5.06. The summed E-state index contributed by atoms with van der Waals surface area (Å²) >= 11 is 5.74. The number of hydrogen-bond acceptors (Lipinski definition) is 4. The first-order chi connectivity index (χ1) is 9.08. The summed E-state index contributed by atoms with van der Waals surface area (Å²) in [5.74, 6) is -0.356. The number of ether oxygens (including phenoxy) is 2. The molecular weight excluding hydrogens is 270 g/mol. The van der Waals surface area contributed by atoms with E-state index in [-0.39, 0.29) is 23.2 Å². The smallest absolute Gasteiger partial charge is 0.251 e. The van der Waals surface area contributed by atoms with Crippen molar-refractivity contribution in [1.82, 2.24) is 5.32 Å². The first kappa shape index (κ1) is 15.8. The zero-order chi connectivity index (χ0) is 14.3. The fraction of sp³-hybridized carbons (Fsp3) is 0.462. The van der Waals surface area contributed by atoms with Crippen molar-refractivity contribution in [3.63, 3.8) is 0 Å². The molecule has 6 heteroatoms. The monoisotopic (exact) mass is 287 g/mol. The second-order valence-corrected chi connectivity index (χ2v) is 4.12. The van der Waals surface area contributed by atoms with Crippen molar-refractivity contribution in [3.8, 4) is 5.75 Å². The maximum Gasteiger partial charge on any atom is 0.251 e. The van der Waals surface area contributed by atoms with Gasteiger partial charge in [0, 0.05) is 18.8 Å². The number of phenolic OH excluding ortho intramolecular Hbond substituents is 1. The molecule has 0 radical (unpaired) electrons. The molecule has 0 atom stereocenters. The topological polar surface area (TPSA) is 67.8 Å². The number of hydrogen-bond donors (Lipinski definition) is 2. The van der Waals surface area contributed by atoms with Crippen LogP contribution in [0, 0.1) is 0 Å². The molecule has 1 aromatic carbocycles. The first-order valence-corrected chi connectivity index (χ1v) is 6.46. The molecule has 19 heavy (non-hydrogen) atoms. The van der Waals surface area contributed by atoms with Crippen molar-refractivity contribution < 1.29 is 19.4 Å². The van der Waals surface area contributed by atoms with Crippen molar-refractivity contribution >= 4 is 17.5 Å². The molecule has 1 rings (SSSR count). The Balaban J connectivity index is 2.56. The molecule has 5 nitrogen and oxygen atoms in total. The van der Waals surface area contributed by atoms with E-state index in [4.69, 9.17) is 21.1 Å². The summed E-state index contributed by atoms with van der Waals surface area (Å²) in [6.45, 7) is 4.97. The van der Waals surface area contributed by atoms with Gasteiger partial charge in [-0.1, -0.05) is 11.6 Å². The zero-order valence-electron chi connectivity index (χ0n) is 11.0. The summed E-state index contributed by atoms with van der Waals surface area (Å²) in [5, 5.41) is 12.1. The Morgan fingerprint density at radius 2 is 2.00 bits per heavy atom. The molecular formula is C13H18ClNO4. The van der Waals surface area contributed by atoms with Crippen LogP contribution in [0.25, 0.3) is 0 Å². The molecule has 0 heterocycles. The molecule has 0 aliphatic rings. The van der Waals surface area contributed by atoms with Gasteiger partial charge in [-0.2, -0.15) is 0 Å². The van der Waals surface area contributed by atoms with E-state index in [2.05, 4.69) is 5.32 Å². The van der Waals surface area contributed by atoms with Crippen LogP contribution in [0.5, 0.6) is 5.75 Å². The molecule has 0 bridgehead atoms. The van der Waals surface area contributed by atoms with Crippen LogP contribution in [0.2, 0.25) is 5.02 Å². The Morgan fingerprint density at radius 1 is 1.37 bits per heavy atom. The minimum atomic E-state index is -0.466. The van der Waals surface area contributed by atoms with Crippen LogP contribution in [0.15, 0.2) is 18.2 Å². The largest absolute Gasteiger partial charge is 0.506 e. The zero-order valence-corrected chi connectivity index (χ0v) is 11.7. The van der Waals surface area contributed by atoms with Gasteiger partial charge >= 0.3 is 0 Å². The van der Waals surface area contributed by atoms with Crippen molar-refractivity contribution in [2.24, 2.45) is 0 Å². The van der Waals surface area contributed by atoms with Crippen molar-refractivity contribution in [1.29, 1.82) is 0 Å². The minimum absolute atomic E-state index is 0.0558. The molecule has 1 amide bonds. The number of carbonyl (C=O) groups excluding carboxylic acids is 1. The van der Waals surface area contributed by atoms with Gasteiger partial charge in [0.2, 0.25) is 0 Å². The second-order valence-electron chi connectivity index (χ2n) is 3.72. The van der Waals surface area contributed by atoms with Gasteiger partial charge in [0.1, 0.15) is 5.75 Å². The lowest BCUT2D eigenvalue weighted by Gasteiger charge is -2.17. The molecule has 106 valence electrons. The highest BCUT2D eigenvalue weighted by Gasteiger charge is 2.12. The van der Waals surface area contributed by atoms with E-state index in [9.17, 15) is 9.90 Å². The van der Waals surface area contributed by atoms with Crippen molar-refractivity contribution in [2.45, 2.75) is 20.1 Å². The number of aromatic hydroxyl groups is 1. The maximum absolute atomic E-state index is 11.9. The normalized spacial score (nSPS) is 10.7. The number of halogens is 1. The molecule has 0 unspecified atom stereocenters. The van der Waals surface area contributed by atoms with Crippen LogP contribution in [0.1, 0.15) is 24.2 Å². The Hall–Kier alpha value is -1.30. The van der Waals surface area contributed by atoms with Gasteiger partial charge in [0.25, 0.3) is 5.91 Å². The van der Waals surface area contributed by atoms with E-state index in [0.29, 0.717) is 18.8 Å². The average Bonchev–Trinajstić information content (AvgIpc) is 2.39. The Bertz CT molecular complexity index is 419. The lowest BCUT2D eigenvalue weighted by atomic mass is 10.2. The van der Waals surface area contributed by atoms with Gasteiger partial charge in [0.05, 0.1) is 11.6 Å². The van der Waals surface area contributed by atoms with Gasteiger partial charge < -0.3 is 19.9 Å². The molecule has 0 aliphatic carbocycles. The van der Waals surface area contributed by atoms with E-state index in [0.717, 1.165) is 0 Å². The predicted octanol–water partition coefficient (Wildman–Crippen LogP) is 2.17. The number of phenols is 1. The van der Waals surface area contributed by atoms with Gasteiger partial charge in [-0.25, -0.2) is 0 Å². The maximum atomic E-state index is 11.9. The summed E-state index contributed by atoms with van der Waals surface area (Å²) < 4.78 is 10.6. The van der Waals surface area contributed by atoms with Crippen LogP contribution in [-0.4, -0.2) is 37.1 Å². The SMILES string of the molecule is CCOC(CNC(=O)c1ccc(O)c(Cl)c1)OCC. The Labute approximate surface area is 117 Å². The third-order valence-electron chi connectivity index (χ3n) is 2.34. The van der Waals surface area contributed by atoms with E-state index in [1.165, 1.54) is 18.2 Å². The molecule has 0 saturated heterocycles. The number of nitrogens with one attached hydrogen (secondary N) is 1. The van der Waals surface area contributed by atoms with E-state index < -0.39 is 6.29 Å². The summed E-state index contributed by atoms with van der Waals surface area (Å²) in [6.07, 6.45) is -0.466. The molecule has 0 spiro atoms. The number of carbonyl (C=O) groups is 1. The van der Waals surface area contributed by atoms with Gasteiger partial charge in [0.15, 0.2) is 6.29 Å². The van der Waals surface area contributed by atoms with E-state index in [1.54, 1.807) is 0 Å². The Kier molecular flexibility index (Phi) is 6.62. The standard InChI is InChI=1S/C13H18ClNO4/c1-3-18-12(19-4-2)8-15-13(17)9-5-6-11(16)10(14)7-9/h5-7,12,16H,3-4,8H2,1-2H3,(H,15,17). The van der Waals surface area contributed by atoms with Crippen LogP contribution < -0.4 is 5.32 Å². The molecule has 0 aromatic heterocycles. The first-order valence-electron chi connectivity index (χ1n) is 6.08. The average molecular weight is 288 g/mol. The fourth-order valence-electron chi connectivity index (χ4n) is 1.46. The number of rotatable bonds is 7. The number of amides is 1. The summed E-state index contributed by atoms with van der Waals surface area (Å²) in [7, 11) is 0. The molecule has 0 fully saturated rings. The molecule has 0 aliphatic heterocycles. The highest BCUT2D eigenvalue weighted by atomic mass is 35.5. The lowest BCUT2D eigenvalue weighted by molar-refractivity contribution is -0.131. The highest BCUT2D eigenvalue weighted by Crippen LogP contribution is 2.23. The summed E-state index contributed by atoms with van der Waals surface area (Å²) in [5.41, 5.74) is 0.370. The third-order valence-corrected chi connectivity index (χ3v) is 2.65. The van der Waals surface area contributed by atoms with Crippen LogP contribution >= 0.6 is 11.6 Å². The van der Waals surface area contributed by atoms with Crippen molar-refractivity contribution in [3.05, 3.63) is 28.8 Å². The van der Waals surface area contributed by atoms with Gasteiger partial charge in [-0.15, -0.1) is 0 Å². The van der Waals surface area contributed by atoms with E-state index in [1.807, 2.05) is 13.8 Å². The summed E-state index contributed by atoms with van der Waals surface area (Å²) in [4.78, 5) is 11.9. The molecule has 1 aromatic rings. The second kappa shape index (κ2) is 7.99. The number of benzene rings is 1. The highest BCUT2D eigenvalue weighted by molar-refractivity contribution is 6.32. The Morgan fingerprint density at radius 3 is 2.53 bits per heavy atom. The van der Waals surface area contributed by atoms with Crippen LogP contribution in [0.4, 0.5) is 0 Å². The summed E-state index contributed by atoms with van der Waals surface area (Å²) in [6, 6.07) is 4.27. The quantitative estimate of drug-likeness (QED) is 0.754. The fourth-order valence-corrected chi connectivity index (χ4v) is 1.64. The van der Waals surface area contributed by atoms with E-state index >= 15 is 0 Å². The van der Waals surface area contributed by atoms with Crippen LogP contribution in [-0.2, 0) is 9.47 Å². The molecule has 2 N–H and O–H groups in total. The van der Waals surface area contributed by atoms with Crippen LogP contribution in [0.3, 0.4) is 0 Å². The predicted molar refractivity (Wildman–Crippen MR) is 72.5 cm³/mol.